The number of carbonyl (C=O) groups excluding carboxylic acids is 1. The molecule has 2 atom stereocenters. The molecule has 2 unspecified atom stereocenters. The van der Waals surface area contributed by atoms with E-state index < -0.39 is 0 Å². The van der Waals surface area contributed by atoms with Gasteiger partial charge in [-0.1, -0.05) is 20.3 Å². The number of rotatable bonds is 6. The summed E-state index contributed by atoms with van der Waals surface area (Å²) < 4.78 is 0. The van der Waals surface area contributed by atoms with Crippen molar-refractivity contribution in [3.8, 4) is 0 Å². The van der Waals surface area contributed by atoms with E-state index in [1.807, 2.05) is 6.07 Å². The first-order valence-corrected chi connectivity index (χ1v) is 7.74. The van der Waals surface area contributed by atoms with Crippen LogP contribution in [-0.4, -0.2) is 29.2 Å². The van der Waals surface area contributed by atoms with E-state index in [-0.39, 0.29) is 5.91 Å². The first kappa shape index (κ1) is 15.0. The summed E-state index contributed by atoms with van der Waals surface area (Å²) >= 11 is 0. The van der Waals surface area contributed by atoms with Crippen molar-refractivity contribution in [2.75, 3.05) is 18.4 Å². The lowest BCUT2D eigenvalue weighted by molar-refractivity contribution is -0.117. The van der Waals surface area contributed by atoms with Crippen LogP contribution in [-0.2, 0) is 11.2 Å². The SMILES string of the molecule is CCCc1cc(NC(=O)CC(C)C2CCCNC2)n[nH]1. The van der Waals surface area contributed by atoms with Gasteiger partial charge in [0.05, 0.1) is 0 Å². The van der Waals surface area contributed by atoms with Gasteiger partial charge in [-0.2, -0.15) is 5.10 Å². The van der Waals surface area contributed by atoms with E-state index in [0.29, 0.717) is 24.1 Å². The molecule has 0 radical (unpaired) electrons. The average Bonchev–Trinajstić information content (AvgIpc) is 2.87. The van der Waals surface area contributed by atoms with Gasteiger partial charge < -0.3 is 10.6 Å². The number of hydrogen-bond acceptors (Lipinski definition) is 3. The third-order valence-corrected chi connectivity index (χ3v) is 4.06. The van der Waals surface area contributed by atoms with Gasteiger partial charge in [-0.25, -0.2) is 0 Å². The Hall–Kier alpha value is -1.36. The quantitative estimate of drug-likeness (QED) is 0.748. The number of hydrogen-bond donors (Lipinski definition) is 3. The molecule has 0 saturated carbocycles. The zero-order chi connectivity index (χ0) is 14.4. The van der Waals surface area contributed by atoms with E-state index in [1.54, 1.807) is 0 Å². The summed E-state index contributed by atoms with van der Waals surface area (Å²) in [6.45, 7) is 6.45. The number of carbonyl (C=O) groups is 1. The molecule has 1 aliphatic heterocycles. The minimum absolute atomic E-state index is 0.0672. The van der Waals surface area contributed by atoms with E-state index in [2.05, 4.69) is 34.7 Å². The molecule has 0 aliphatic carbocycles. The van der Waals surface area contributed by atoms with Crippen molar-refractivity contribution in [3.63, 3.8) is 0 Å². The molecule has 0 bridgehead atoms. The van der Waals surface area contributed by atoms with Crippen LogP contribution in [0.15, 0.2) is 6.07 Å². The maximum atomic E-state index is 12.0. The molecular formula is C15H26N4O. The van der Waals surface area contributed by atoms with Crippen LogP contribution in [0.3, 0.4) is 0 Å². The topological polar surface area (TPSA) is 69.8 Å². The zero-order valence-electron chi connectivity index (χ0n) is 12.5. The van der Waals surface area contributed by atoms with Crippen LogP contribution in [0.25, 0.3) is 0 Å². The van der Waals surface area contributed by atoms with Gasteiger partial charge in [-0.3, -0.25) is 9.89 Å². The molecule has 3 N–H and O–H groups in total. The van der Waals surface area contributed by atoms with E-state index in [0.717, 1.165) is 31.6 Å². The number of piperidine rings is 1. The Bertz CT molecular complexity index is 423. The molecule has 5 heteroatoms. The number of aromatic amines is 1. The Morgan fingerprint density at radius 3 is 3.15 bits per heavy atom. The van der Waals surface area contributed by atoms with Crippen LogP contribution in [0.1, 0.15) is 45.2 Å². The predicted octanol–water partition coefficient (Wildman–Crippen LogP) is 2.33. The maximum absolute atomic E-state index is 12.0. The fourth-order valence-electron chi connectivity index (χ4n) is 2.84. The van der Waals surface area contributed by atoms with Crippen LogP contribution in [0.5, 0.6) is 0 Å². The van der Waals surface area contributed by atoms with Gasteiger partial charge in [0.25, 0.3) is 0 Å². The minimum atomic E-state index is 0.0672. The van der Waals surface area contributed by atoms with E-state index in [9.17, 15) is 4.79 Å². The number of amides is 1. The maximum Gasteiger partial charge on any atom is 0.225 e. The Morgan fingerprint density at radius 1 is 1.60 bits per heavy atom. The standard InChI is InChI=1S/C15H26N4O/c1-3-5-13-9-14(19-18-13)17-15(20)8-11(2)12-6-4-7-16-10-12/h9,11-12,16H,3-8,10H2,1-2H3,(H2,17,18,19,20). The third kappa shape index (κ3) is 4.34. The van der Waals surface area contributed by atoms with Crippen molar-refractivity contribution in [1.82, 2.24) is 15.5 Å². The average molecular weight is 278 g/mol. The molecule has 5 nitrogen and oxygen atoms in total. The summed E-state index contributed by atoms with van der Waals surface area (Å²) in [4.78, 5) is 12.0. The first-order chi connectivity index (χ1) is 9.69. The largest absolute Gasteiger partial charge is 0.316 e. The van der Waals surface area contributed by atoms with Crippen molar-refractivity contribution < 1.29 is 4.79 Å². The fraction of sp³-hybridized carbons (Fsp3) is 0.733. The Balaban J connectivity index is 1.78. The Kier molecular flexibility index (Phi) is 5.59. The predicted molar refractivity (Wildman–Crippen MR) is 80.6 cm³/mol. The fourth-order valence-corrected chi connectivity index (χ4v) is 2.84. The normalized spacial score (nSPS) is 20.6. The molecular weight excluding hydrogens is 252 g/mol. The van der Waals surface area contributed by atoms with Gasteiger partial charge in [0, 0.05) is 18.2 Å². The second-order valence-electron chi connectivity index (χ2n) is 5.86. The van der Waals surface area contributed by atoms with Gasteiger partial charge in [-0.15, -0.1) is 0 Å². The highest BCUT2D eigenvalue weighted by molar-refractivity contribution is 5.89. The van der Waals surface area contributed by atoms with Crippen molar-refractivity contribution in [2.24, 2.45) is 11.8 Å². The molecule has 1 aliphatic rings. The van der Waals surface area contributed by atoms with Gasteiger partial charge in [0.15, 0.2) is 5.82 Å². The van der Waals surface area contributed by atoms with Crippen LogP contribution >= 0.6 is 0 Å². The van der Waals surface area contributed by atoms with Crippen molar-refractivity contribution in [1.29, 1.82) is 0 Å². The molecule has 2 heterocycles. The van der Waals surface area contributed by atoms with E-state index in [4.69, 9.17) is 0 Å². The van der Waals surface area contributed by atoms with Crippen molar-refractivity contribution >= 4 is 11.7 Å². The molecule has 0 aromatic carbocycles. The van der Waals surface area contributed by atoms with Gasteiger partial charge >= 0.3 is 0 Å². The van der Waals surface area contributed by atoms with Gasteiger partial charge in [0.2, 0.25) is 5.91 Å². The monoisotopic (exact) mass is 278 g/mol. The lowest BCUT2D eigenvalue weighted by Gasteiger charge is -2.27. The number of nitrogens with zero attached hydrogens (tertiary/aromatic N) is 1. The zero-order valence-corrected chi connectivity index (χ0v) is 12.5. The van der Waals surface area contributed by atoms with E-state index >= 15 is 0 Å². The van der Waals surface area contributed by atoms with Gasteiger partial charge in [0.1, 0.15) is 0 Å². The molecule has 1 aromatic rings. The molecule has 0 spiro atoms. The summed E-state index contributed by atoms with van der Waals surface area (Å²) in [5.74, 6) is 1.74. The second kappa shape index (κ2) is 7.43. The highest BCUT2D eigenvalue weighted by atomic mass is 16.1. The molecule has 20 heavy (non-hydrogen) atoms. The van der Waals surface area contributed by atoms with Crippen LogP contribution in [0, 0.1) is 11.8 Å². The summed E-state index contributed by atoms with van der Waals surface area (Å²) in [6, 6.07) is 1.92. The molecule has 1 aromatic heterocycles. The van der Waals surface area contributed by atoms with Crippen LogP contribution < -0.4 is 10.6 Å². The highest BCUT2D eigenvalue weighted by Gasteiger charge is 2.22. The number of aromatic nitrogens is 2. The lowest BCUT2D eigenvalue weighted by Crippen LogP contribution is -2.34. The molecule has 112 valence electrons. The Labute approximate surface area is 120 Å². The first-order valence-electron chi connectivity index (χ1n) is 7.74. The molecule has 1 amide bonds. The highest BCUT2D eigenvalue weighted by Crippen LogP contribution is 2.22. The van der Waals surface area contributed by atoms with Gasteiger partial charge in [-0.05, 0) is 44.2 Å². The summed E-state index contributed by atoms with van der Waals surface area (Å²) in [7, 11) is 0. The Morgan fingerprint density at radius 2 is 2.45 bits per heavy atom. The third-order valence-electron chi connectivity index (χ3n) is 4.06. The summed E-state index contributed by atoms with van der Waals surface area (Å²) in [5.41, 5.74) is 1.08. The summed E-state index contributed by atoms with van der Waals surface area (Å²) in [6.07, 6.45) is 5.05. The lowest BCUT2D eigenvalue weighted by atomic mass is 9.85. The second-order valence-corrected chi connectivity index (χ2v) is 5.86. The molecule has 1 saturated heterocycles. The molecule has 1 fully saturated rings. The van der Waals surface area contributed by atoms with Crippen LogP contribution in [0.2, 0.25) is 0 Å². The summed E-state index contributed by atoms with van der Waals surface area (Å²) in [5, 5.41) is 13.4. The van der Waals surface area contributed by atoms with Crippen molar-refractivity contribution in [3.05, 3.63) is 11.8 Å². The number of nitrogens with one attached hydrogen (secondary N) is 3. The smallest absolute Gasteiger partial charge is 0.225 e. The number of H-pyrrole nitrogens is 1. The molecule has 2 rings (SSSR count). The minimum Gasteiger partial charge on any atom is -0.316 e. The number of anilines is 1. The number of aryl methyl sites for hydroxylation is 1. The van der Waals surface area contributed by atoms with Crippen molar-refractivity contribution in [2.45, 2.75) is 46.0 Å². The van der Waals surface area contributed by atoms with E-state index in [1.165, 1.54) is 12.8 Å². The van der Waals surface area contributed by atoms with Crippen LogP contribution in [0.4, 0.5) is 5.82 Å².